The maximum Gasteiger partial charge on any atom is 0.123 e. The Morgan fingerprint density at radius 3 is 2.48 bits per heavy atom. The van der Waals surface area contributed by atoms with Crippen LogP contribution in [0.3, 0.4) is 0 Å². The molecule has 1 aromatic carbocycles. The first-order valence-electron chi connectivity index (χ1n) is 8.60. The molecule has 1 N–H and O–H groups in total. The van der Waals surface area contributed by atoms with Gasteiger partial charge < -0.3 is 5.32 Å². The van der Waals surface area contributed by atoms with E-state index in [2.05, 4.69) is 26.1 Å². The highest BCUT2D eigenvalue weighted by molar-refractivity contribution is 5.27. The minimum atomic E-state index is -0.132. The molecule has 0 saturated heterocycles. The van der Waals surface area contributed by atoms with E-state index < -0.39 is 0 Å². The first-order valence-corrected chi connectivity index (χ1v) is 8.60. The number of halogens is 1. The third-order valence-electron chi connectivity index (χ3n) is 4.42. The average Bonchev–Trinajstić information content (AvgIpc) is 2.47. The molecule has 0 radical (unpaired) electrons. The molecular formula is C19H32FN. The zero-order valence-corrected chi connectivity index (χ0v) is 14.2. The lowest BCUT2D eigenvalue weighted by Gasteiger charge is -2.28. The molecule has 0 fully saturated rings. The molecule has 2 unspecified atom stereocenters. The molecule has 1 aromatic rings. The summed E-state index contributed by atoms with van der Waals surface area (Å²) in [4.78, 5) is 0. The minimum Gasteiger partial charge on any atom is -0.313 e. The van der Waals surface area contributed by atoms with Crippen molar-refractivity contribution >= 4 is 0 Å². The second-order valence-electron chi connectivity index (χ2n) is 6.15. The first-order chi connectivity index (χ1) is 10.1. The van der Waals surface area contributed by atoms with Crippen LogP contribution in [-0.2, 0) is 6.42 Å². The van der Waals surface area contributed by atoms with Gasteiger partial charge >= 0.3 is 0 Å². The lowest BCUT2D eigenvalue weighted by Crippen LogP contribution is -2.38. The van der Waals surface area contributed by atoms with Crippen LogP contribution in [0, 0.1) is 18.7 Å². The number of hydrogen-bond acceptors (Lipinski definition) is 1. The fourth-order valence-corrected chi connectivity index (χ4v) is 3.02. The molecule has 2 heteroatoms. The van der Waals surface area contributed by atoms with E-state index in [1.165, 1.54) is 31.2 Å². The van der Waals surface area contributed by atoms with Gasteiger partial charge in [-0.25, -0.2) is 4.39 Å². The predicted molar refractivity (Wildman–Crippen MR) is 90.2 cm³/mol. The Kier molecular flexibility index (Phi) is 8.60. The highest BCUT2D eigenvalue weighted by Crippen LogP contribution is 2.22. The zero-order valence-electron chi connectivity index (χ0n) is 14.2. The van der Waals surface area contributed by atoms with Crippen molar-refractivity contribution in [3.63, 3.8) is 0 Å². The molecule has 2 atom stereocenters. The Balaban J connectivity index is 2.79. The van der Waals surface area contributed by atoms with Crippen LogP contribution in [-0.4, -0.2) is 12.6 Å². The molecule has 0 heterocycles. The molecule has 0 saturated carbocycles. The molecule has 0 bridgehead atoms. The van der Waals surface area contributed by atoms with Crippen molar-refractivity contribution in [1.82, 2.24) is 5.32 Å². The van der Waals surface area contributed by atoms with Gasteiger partial charge in [0, 0.05) is 6.04 Å². The van der Waals surface area contributed by atoms with Gasteiger partial charge in [-0.05, 0) is 61.9 Å². The van der Waals surface area contributed by atoms with Gasteiger partial charge in [-0.2, -0.15) is 0 Å². The molecular weight excluding hydrogens is 261 g/mol. The maximum absolute atomic E-state index is 13.3. The van der Waals surface area contributed by atoms with E-state index in [-0.39, 0.29) is 5.82 Å². The van der Waals surface area contributed by atoms with Gasteiger partial charge in [-0.15, -0.1) is 0 Å². The van der Waals surface area contributed by atoms with Gasteiger partial charge in [-0.1, -0.05) is 46.1 Å². The van der Waals surface area contributed by atoms with Crippen molar-refractivity contribution in [2.24, 2.45) is 5.92 Å². The summed E-state index contributed by atoms with van der Waals surface area (Å²) in [6, 6.07) is 5.70. The van der Waals surface area contributed by atoms with Crippen molar-refractivity contribution in [2.45, 2.75) is 72.3 Å². The molecule has 1 nitrogen and oxygen atoms in total. The van der Waals surface area contributed by atoms with E-state index in [4.69, 9.17) is 0 Å². The Morgan fingerprint density at radius 2 is 1.90 bits per heavy atom. The van der Waals surface area contributed by atoms with Crippen LogP contribution in [0.2, 0.25) is 0 Å². The highest BCUT2D eigenvalue weighted by atomic mass is 19.1. The van der Waals surface area contributed by atoms with E-state index in [9.17, 15) is 4.39 Å². The van der Waals surface area contributed by atoms with Gasteiger partial charge in [-0.3, -0.25) is 0 Å². The summed E-state index contributed by atoms with van der Waals surface area (Å²) < 4.78 is 13.3. The molecule has 0 spiro atoms. The van der Waals surface area contributed by atoms with Crippen LogP contribution in [0.15, 0.2) is 18.2 Å². The third-order valence-corrected chi connectivity index (χ3v) is 4.42. The number of hydrogen-bond donors (Lipinski definition) is 1. The minimum absolute atomic E-state index is 0.132. The van der Waals surface area contributed by atoms with Gasteiger partial charge in [0.1, 0.15) is 5.82 Å². The van der Waals surface area contributed by atoms with Gasteiger partial charge in [0.25, 0.3) is 0 Å². The van der Waals surface area contributed by atoms with Gasteiger partial charge in [0.2, 0.25) is 0 Å². The van der Waals surface area contributed by atoms with Crippen LogP contribution in [0.5, 0.6) is 0 Å². The van der Waals surface area contributed by atoms with Crippen molar-refractivity contribution in [2.75, 3.05) is 6.54 Å². The zero-order chi connectivity index (χ0) is 15.7. The van der Waals surface area contributed by atoms with Crippen molar-refractivity contribution in [3.8, 4) is 0 Å². The number of aryl methyl sites for hydroxylation is 1. The van der Waals surface area contributed by atoms with E-state index in [0.717, 1.165) is 24.9 Å². The number of benzene rings is 1. The molecule has 21 heavy (non-hydrogen) atoms. The molecule has 0 amide bonds. The van der Waals surface area contributed by atoms with Crippen molar-refractivity contribution in [1.29, 1.82) is 0 Å². The molecule has 1 rings (SSSR count). The van der Waals surface area contributed by atoms with Crippen LogP contribution >= 0.6 is 0 Å². The van der Waals surface area contributed by atoms with E-state index in [1.807, 2.05) is 13.0 Å². The summed E-state index contributed by atoms with van der Waals surface area (Å²) in [5, 5.41) is 3.73. The summed E-state index contributed by atoms with van der Waals surface area (Å²) in [5.74, 6) is 0.577. The normalized spacial score (nSPS) is 14.1. The van der Waals surface area contributed by atoms with Crippen LogP contribution in [0.25, 0.3) is 0 Å². The molecule has 0 aliphatic rings. The second-order valence-corrected chi connectivity index (χ2v) is 6.15. The van der Waals surface area contributed by atoms with Crippen molar-refractivity contribution in [3.05, 3.63) is 35.1 Å². The molecule has 120 valence electrons. The topological polar surface area (TPSA) is 12.0 Å². The Bertz CT molecular complexity index is 403. The third kappa shape index (κ3) is 6.17. The quantitative estimate of drug-likeness (QED) is 0.620. The Hall–Kier alpha value is -0.890. The van der Waals surface area contributed by atoms with Crippen LogP contribution < -0.4 is 5.32 Å². The Morgan fingerprint density at radius 1 is 1.14 bits per heavy atom. The van der Waals surface area contributed by atoms with E-state index >= 15 is 0 Å². The van der Waals surface area contributed by atoms with Gasteiger partial charge in [0.05, 0.1) is 0 Å². The summed E-state index contributed by atoms with van der Waals surface area (Å²) in [6.07, 6.45) is 7.21. The SMILES string of the molecule is CCCCC(CC)C(Cc1ccc(F)cc1C)NCCC. The second kappa shape index (κ2) is 9.94. The van der Waals surface area contributed by atoms with E-state index in [1.54, 1.807) is 12.1 Å². The smallest absolute Gasteiger partial charge is 0.123 e. The Labute approximate surface area is 130 Å². The lowest BCUT2D eigenvalue weighted by molar-refractivity contribution is 0.315. The number of nitrogens with one attached hydrogen (secondary N) is 1. The largest absolute Gasteiger partial charge is 0.313 e. The predicted octanol–water partition coefficient (Wildman–Crippen LogP) is 5.26. The van der Waals surface area contributed by atoms with Crippen molar-refractivity contribution < 1.29 is 4.39 Å². The molecule has 0 aliphatic carbocycles. The lowest BCUT2D eigenvalue weighted by atomic mass is 9.86. The molecule has 0 aromatic heterocycles. The summed E-state index contributed by atoms with van der Waals surface area (Å²) in [5.41, 5.74) is 2.35. The monoisotopic (exact) mass is 293 g/mol. The molecule has 0 aliphatic heterocycles. The first kappa shape index (κ1) is 18.2. The summed E-state index contributed by atoms with van der Waals surface area (Å²) >= 11 is 0. The maximum atomic E-state index is 13.3. The van der Waals surface area contributed by atoms with Crippen LogP contribution in [0.1, 0.15) is 64.0 Å². The number of rotatable bonds is 10. The fourth-order valence-electron chi connectivity index (χ4n) is 3.02. The van der Waals surface area contributed by atoms with E-state index in [0.29, 0.717) is 12.0 Å². The fraction of sp³-hybridized carbons (Fsp3) is 0.684. The number of unbranched alkanes of at least 4 members (excludes halogenated alkanes) is 1. The average molecular weight is 293 g/mol. The van der Waals surface area contributed by atoms with Gasteiger partial charge in [0.15, 0.2) is 0 Å². The highest BCUT2D eigenvalue weighted by Gasteiger charge is 2.20. The summed E-state index contributed by atoms with van der Waals surface area (Å²) in [6.45, 7) is 9.83. The van der Waals surface area contributed by atoms with Crippen LogP contribution in [0.4, 0.5) is 4.39 Å². The summed E-state index contributed by atoms with van der Waals surface area (Å²) in [7, 11) is 0. The standard InChI is InChI=1S/C19H32FN/c1-5-8-9-16(7-3)19(21-12-6-2)14-17-10-11-18(20)13-15(17)4/h10-11,13,16,19,21H,5-9,12,14H2,1-4H3.